The van der Waals surface area contributed by atoms with E-state index in [4.69, 9.17) is 0 Å². The van der Waals surface area contributed by atoms with E-state index in [2.05, 4.69) is 18.5 Å². The van der Waals surface area contributed by atoms with Gasteiger partial charge in [0.2, 0.25) is 0 Å². The van der Waals surface area contributed by atoms with Gasteiger partial charge in [0, 0.05) is 11.8 Å². The molecule has 0 aromatic heterocycles. The van der Waals surface area contributed by atoms with Crippen molar-refractivity contribution in [1.29, 1.82) is 0 Å². The first-order valence-corrected chi connectivity index (χ1v) is 5.37. The summed E-state index contributed by atoms with van der Waals surface area (Å²) in [4.78, 5) is 0. The van der Waals surface area contributed by atoms with Crippen molar-refractivity contribution >= 4 is 21.6 Å². The topological polar surface area (TPSA) is 12.0 Å². The van der Waals surface area contributed by atoms with Crippen LogP contribution < -0.4 is 5.32 Å². The Morgan fingerprint density at radius 1 is 1.62 bits per heavy atom. The van der Waals surface area contributed by atoms with Crippen LogP contribution in [0.4, 0.5) is 0 Å². The third kappa shape index (κ3) is 4.81. The minimum absolute atomic E-state index is 0.646. The zero-order chi connectivity index (χ0) is 6.41. The van der Waals surface area contributed by atoms with Gasteiger partial charge in [-0.3, -0.25) is 0 Å². The SMILES string of the molecule is CN[C@H](C)CSSC. The first-order valence-electron chi connectivity index (χ1n) is 2.64. The molecule has 0 fully saturated rings. The van der Waals surface area contributed by atoms with Gasteiger partial charge in [-0.05, 0) is 20.2 Å². The lowest BCUT2D eigenvalue weighted by Gasteiger charge is -2.06. The van der Waals surface area contributed by atoms with Gasteiger partial charge in [0.1, 0.15) is 0 Å². The predicted octanol–water partition coefficient (Wildman–Crippen LogP) is 1.61. The van der Waals surface area contributed by atoms with Crippen LogP contribution in [0.2, 0.25) is 0 Å². The maximum absolute atomic E-state index is 3.17. The Kier molecular flexibility index (Phi) is 6.27. The van der Waals surface area contributed by atoms with Crippen LogP contribution in [0, 0.1) is 0 Å². The van der Waals surface area contributed by atoms with E-state index in [1.165, 1.54) is 5.75 Å². The van der Waals surface area contributed by atoms with Crippen LogP contribution in [0.25, 0.3) is 0 Å². The van der Waals surface area contributed by atoms with E-state index in [9.17, 15) is 0 Å². The highest BCUT2D eigenvalue weighted by molar-refractivity contribution is 8.76. The van der Waals surface area contributed by atoms with Crippen LogP contribution in [-0.2, 0) is 0 Å². The molecule has 0 saturated carbocycles. The average Bonchev–Trinajstić information content (AvgIpc) is 1.83. The highest BCUT2D eigenvalue weighted by atomic mass is 33.1. The third-order valence-corrected chi connectivity index (χ3v) is 2.92. The molecule has 3 heteroatoms. The Balaban J connectivity index is 2.86. The summed E-state index contributed by atoms with van der Waals surface area (Å²) in [5, 5.41) is 3.17. The Labute approximate surface area is 59.4 Å². The van der Waals surface area contributed by atoms with Crippen molar-refractivity contribution in [2.45, 2.75) is 13.0 Å². The summed E-state index contributed by atoms with van der Waals surface area (Å²) < 4.78 is 0. The van der Waals surface area contributed by atoms with Crippen LogP contribution >= 0.6 is 21.6 Å². The molecule has 1 atom stereocenters. The average molecular weight is 151 g/mol. The molecule has 0 aromatic rings. The minimum atomic E-state index is 0.646. The Bertz CT molecular complexity index is 49.7. The molecule has 0 radical (unpaired) electrons. The lowest BCUT2D eigenvalue weighted by atomic mass is 10.4. The number of rotatable bonds is 4. The van der Waals surface area contributed by atoms with E-state index in [1.807, 2.05) is 28.6 Å². The summed E-state index contributed by atoms with van der Waals surface area (Å²) in [6.07, 6.45) is 2.10. The quantitative estimate of drug-likeness (QED) is 0.613. The maximum Gasteiger partial charge on any atom is 0.0188 e. The van der Waals surface area contributed by atoms with Crippen molar-refractivity contribution in [1.82, 2.24) is 5.32 Å². The molecule has 0 aromatic carbocycles. The zero-order valence-corrected chi connectivity index (χ0v) is 7.23. The normalized spacial score (nSPS) is 13.9. The summed E-state index contributed by atoms with van der Waals surface area (Å²) in [7, 11) is 5.71. The molecule has 0 heterocycles. The molecule has 0 bridgehead atoms. The molecule has 0 rings (SSSR count). The molecule has 1 N–H and O–H groups in total. The molecule has 8 heavy (non-hydrogen) atoms. The fraction of sp³-hybridized carbons (Fsp3) is 1.00. The van der Waals surface area contributed by atoms with Gasteiger partial charge >= 0.3 is 0 Å². The van der Waals surface area contributed by atoms with Gasteiger partial charge in [0.25, 0.3) is 0 Å². The summed E-state index contributed by atoms with van der Waals surface area (Å²) >= 11 is 0. The van der Waals surface area contributed by atoms with Gasteiger partial charge in [0.15, 0.2) is 0 Å². The van der Waals surface area contributed by atoms with E-state index in [0.717, 1.165) is 0 Å². The van der Waals surface area contributed by atoms with Crippen molar-refractivity contribution in [3.05, 3.63) is 0 Å². The number of hydrogen-bond acceptors (Lipinski definition) is 3. The lowest BCUT2D eigenvalue weighted by molar-refractivity contribution is 0.679. The Morgan fingerprint density at radius 3 is 2.62 bits per heavy atom. The molecule has 0 saturated heterocycles. The second-order valence-corrected chi connectivity index (χ2v) is 4.25. The van der Waals surface area contributed by atoms with Gasteiger partial charge in [0.05, 0.1) is 0 Å². The second-order valence-electron chi connectivity index (χ2n) is 1.64. The molecular weight excluding hydrogens is 138 g/mol. The molecule has 0 aliphatic rings. The van der Waals surface area contributed by atoms with Crippen molar-refractivity contribution in [2.24, 2.45) is 0 Å². The molecule has 0 spiro atoms. The number of nitrogens with one attached hydrogen (secondary N) is 1. The summed E-state index contributed by atoms with van der Waals surface area (Å²) in [6, 6.07) is 0.646. The van der Waals surface area contributed by atoms with Crippen molar-refractivity contribution in [2.75, 3.05) is 19.1 Å². The van der Waals surface area contributed by atoms with Crippen molar-refractivity contribution in [3.63, 3.8) is 0 Å². The van der Waals surface area contributed by atoms with Crippen LogP contribution in [0.3, 0.4) is 0 Å². The zero-order valence-electron chi connectivity index (χ0n) is 5.60. The Morgan fingerprint density at radius 2 is 2.25 bits per heavy atom. The van der Waals surface area contributed by atoms with Gasteiger partial charge in [-0.25, -0.2) is 0 Å². The van der Waals surface area contributed by atoms with E-state index < -0.39 is 0 Å². The van der Waals surface area contributed by atoms with Gasteiger partial charge in [-0.15, -0.1) is 0 Å². The molecule has 1 nitrogen and oxygen atoms in total. The van der Waals surface area contributed by atoms with E-state index in [1.54, 1.807) is 0 Å². The van der Waals surface area contributed by atoms with Gasteiger partial charge in [-0.2, -0.15) is 0 Å². The lowest BCUT2D eigenvalue weighted by Crippen LogP contribution is -2.22. The third-order valence-electron chi connectivity index (χ3n) is 0.929. The van der Waals surface area contributed by atoms with Crippen LogP contribution in [0.1, 0.15) is 6.92 Å². The molecule has 50 valence electrons. The summed E-state index contributed by atoms with van der Waals surface area (Å²) in [5.41, 5.74) is 0. The molecule has 0 unspecified atom stereocenters. The van der Waals surface area contributed by atoms with Crippen molar-refractivity contribution < 1.29 is 0 Å². The number of hydrogen-bond donors (Lipinski definition) is 1. The smallest absolute Gasteiger partial charge is 0.0188 e. The minimum Gasteiger partial charge on any atom is -0.316 e. The highest BCUT2D eigenvalue weighted by Crippen LogP contribution is 2.16. The standard InChI is InChI=1S/C5H13NS2/c1-5(6-2)4-8-7-3/h5-6H,4H2,1-3H3/t5-/m1/s1. The molecule has 0 aliphatic carbocycles. The summed E-state index contributed by atoms with van der Waals surface area (Å²) in [5.74, 6) is 1.19. The first-order chi connectivity index (χ1) is 3.81. The largest absolute Gasteiger partial charge is 0.316 e. The van der Waals surface area contributed by atoms with Crippen LogP contribution in [0.5, 0.6) is 0 Å². The van der Waals surface area contributed by atoms with E-state index in [0.29, 0.717) is 6.04 Å². The van der Waals surface area contributed by atoms with Crippen LogP contribution in [-0.4, -0.2) is 25.1 Å². The summed E-state index contributed by atoms with van der Waals surface area (Å²) in [6.45, 7) is 2.18. The fourth-order valence-electron chi connectivity index (χ4n) is 0.253. The van der Waals surface area contributed by atoms with Gasteiger partial charge < -0.3 is 5.32 Å². The maximum atomic E-state index is 3.17. The van der Waals surface area contributed by atoms with Crippen LogP contribution in [0.15, 0.2) is 0 Å². The Hall–Kier alpha value is 0.660. The molecule has 0 amide bonds. The monoisotopic (exact) mass is 151 g/mol. The van der Waals surface area contributed by atoms with E-state index >= 15 is 0 Å². The first kappa shape index (κ1) is 8.66. The van der Waals surface area contributed by atoms with E-state index in [-0.39, 0.29) is 0 Å². The highest BCUT2D eigenvalue weighted by Gasteiger charge is 1.94. The molecule has 0 aliphatic heterocycles. The predicted molar refractivity (Wildman–Crippen MR) is 44.5 cm³/mol. The van der Waals surface area contributed by atoms with Gasteiger partial charge in [-0.1, -0.05) is 21.6 Å². The molecular formula is C5H13NS2. The van der Waals surface area contributed by atoms with Crippen molar-refractivity contribution in [3.8, 4) is 0 Å². The second kappa shape index (κ2) is 5.79. The fourth-order valence-corrected chi connectivity index (χ4v) is 1.78.